The molecule has 0 amide bonds. The van der Waals surface area contributed by atoms with E-state index >= 15 is 0 Å². The van der Waals surface area contributed by atoms with Crippen LogP contribution in [0.4, 0.5) is 8.78 Å². The van der Waals surface area contributed by atoms with Gasteiger partial charge in [-0.3, -0.25) is 4.79 Å². The third kappa shape index (κ3) is 2.26. The molecular weight excluding hydrogens is 262 g/mol. The summed E-state index contributed by atoms with van der Waals surface area (Å²) >= 11 is 0. The first-order valence-electron chi connectivity index (χ1n) is 7.08. The number of carbonyl (C=O) groups excluding carboxylic acids is 1. The second-order valence-electron chi connectivity index (χ2n) is 6.04. The maximum absolute atomic E-state index is 12.7. The molecular formula is C16H18F2O2. The van der Waals surface area contributed by atoms with Gasteiger partial charge in [0, 0.05) is 11.0 Å². The van der Waals surface area contributed by atoms with Gasteiger partial charge in [0.1, 0.15) is 0 Å². The third-order valence-electron chi connectivity index (χ3n) is 4.71. The molecule has 0 atom stereocenters. The minimum absolute atomic E-state index is 0.201. The molecule has 20 heavy (non-hydrogen) atoms. The summed E-state index contributed by atoms with van der Waals surface area (Å²) in [6.07, 6.45) is 2.74. The average Bonchev–Trinajstić information content (AvgIpc) is 2.66. The molecule has 0 bridgehead atoms. The summed E-state index contributed by atoms with van der Waals surface area (Å²) < 4.78 is 29.1. The lowest BCUT2D eigenvalue weighted by atomic mass is 9.70. The zero-order valence-corrected chi connectivity index (χ0v) is 11.5. The van der Waals surface area contributed by atoms with Crippen molar-refractivity contribution in [3.05, 3.63) is 34.9 Å². The number of carbonyl (C=O) groups is 1. The van der Waals surface area contributed by atoms with E-state index in [0.29, 0.717) is 25.7 Å². The van der Waals surface area contributed by atoms with Crippen LogP contribution < -0.4 is 0 Å². The monoisotopic (exact) mass is 280 g/mol. The van der Waals surface area contributed by atoms with Gasteiger partial charge in [0.2, 0.25) is 0 Å². The first-order chi connectivity index (χ1) is 9.50. The molecule has 2 aliphatic rings. The first kappa shape index (κ1) is 13.7. The Kier molecular flexibility index (Phi) is 3.36. The summed E-state index contributed by atoms with van der Waals surface area (Å²) in [5.41, 5.74) is 2.66. The number of Topliss-reactive ketones (excluding diaryl/α,β-unsaturated/α-hetero) is 1. The molecule has 0 N–H and O–H groups in total. The van der Waals surface area contributed by atoms with Gasteiger partial charge in [-0.1, -0.05) is 17.7 Å². The van der Waals surface area contributed by atoms with Gasteiger partial charge in [-0.25, -0.2) is 0 Å². The number of hydrogen-bond acceptors (Lipinski definition) is 2. The van der Waals surface area contributed by atoms with E-state index in [-0.39, 0.29) is 11.2 Å². The highest BCUT2D eigenvalue weighted by Crippen LogP contribution is 2.47. The molecule has 0 saturated heterocycles. The van der Waals surface area contributed by atoms with E-state index in [1.807, 2.05) is 25.1 Å². The Balaban J connectivity index is 1.76. The summed E-state index contributed by atoms with van der Waals surface area (Å²) in [6, 6.07) is 6.00. The number of rotatable bonds is 2. The average molecular weight is 280 g/mol. The van der Waals surface area contributed by atoms with E-state index < -0.39 is 12.7 Å². The summed E-state index contributed by atoms with van der Waals surface area (Å²) in [7, 11) is 0. The van der Waals surface area contributed by atoms with Crippen LogP contribution in [0.3, 0.4) is 0 Å². The van der Waals surface area contributed by atoms with Crippen LogP contribution in [0, 0.1) is 12.3 Å². The largest absolute Gasteiger partial charge is 0.345 e. The van der Waals surface area contributed by atoms with Crippen molar-refractivity contribution in [3.63, 3.8) is 0 Å². The number of hydrogen-bond donors (Lipinski definition) is 0. The molecule has 3 rings (SSSR count). The molecule has 1 saturated carbocycles. The van der Waals surface area contributed by atoms with Crippen LogP contribution in [0.15, 0.2) is 18.2 Å². The maximum atomic E-state index is 12.7. The van der Waals surface area contributed by atoms with Crippen molar-refractivity contribution in [3.8, 4) is 0 Å². The minimum atomic E-state index is -2.71. The smallest absolute Gasteiger partial charge is 0.320 e. The fourth-order valence-electron chi connectivity index (χ4n) is 3.62. The van der Waals surface area contributed by atoms with E-state index in [1.165, 1.54) is 0 Å². The molecule has 108 valence electrons. The second-order valence-corrected chi connectivity index (χ2v) is 6.04. The molecule has 2 aliphatic carbocycles. The van der Waals surface area contributed by atoms with Gasteiger partial charge in [0.15, 0.2) is 5.78 Å². The summed E-state index contributed by atoms with van der Waals surface area (Å²) in [6.45, 7) is -0.737. The Morgan fingerprint density at radius 3 is 2.65 bits per heavy atom. The van der Waals surface area contributed by atoms with Gasteiger partial charge in [-0.05, 0) is 50.7 Å². The van der Waals surface area contributed by atoms with Crippen LogP contribution in [0.25, 0.3) is 0 Å². The molecule has 1 fully saturated rings. The van der Waals surface area contributed by atoms with Crippen molar-refractivity contribution >= 4 is 5.78 Å². The van der Waals surface area contributed by atoms with Gasteiger partial charge in [0.25, 0.3) is 0 Å². The number of fused-ring (bicyclic) bond motifs is 1. The number of ketones is 1. The molecule has 4 heteroatoms. The van der Waals surface area contributed by atoms with E-state index in [9.17, 15) is 13.6 Å². The van der Waals surface area contributed by atoms with Crippen LogP contribution in [0.2, 0.25) is 0 Å². The maximum Gasteiger partial charge on any atom is 0.345 e. The molecule has 0 aliphatic heterocycles. The van der Waals surface area contributed by atoms with Gasteiger partial charge in [-0.15, -0.1) is 0 Å². The van der Waals surface area contributed by atoms with Crippen molar-refractivity contribution in [1.82, 2.24) is 0 Å². The highest BCUT2D eigenvalue weighted by molar-refractivity contribution is 6.05. The summed E-state index contributed by atoms with van der Waals surface area (Å²) in [4.78, 5) is 12.7. The number of halogens is 2. The van der Waals surface area contributed by atoms with Crippen molar-refractivity contribution in [2.24, 2.45) is 5.41 Å². The Labute approximate surface area is 117 Å². The highest BCUT2D eigenvalue weighted by atomic mass is 19.3. The zero-order chi connectivity index (χ0) is 14.3. The lowest BCUT2D eigenvalue weighted by Crippen LogP contribution is -2.36. The van der Waals surface area contributed by atoms with Gasteiger partial charge in [-0.2, -0.15) is 8.78 Å². The first-order valence-corrected chi connectivity index (χ1v) is 7.08. The van der Waals surface area contributed by atoms with Gasteiger partial charge in [0.05, 0.1) is 6.10 Å². The van der Waals surface area contributed by atoms with Gasteiger partial charge < -0.3 is 4.74 Å². The van der Waals surface area contributed by atoms with Crippen LogP contribution >= 0.6 is 0 Å². The Morgan fingerprint density at radius 2 is 2.00 bits per heavy atom. The van der Waals surface area contributed by atoms with E-state index in [1.54, 1.807) is 0 Å². The second kappa shape index (κ2) is 4.92. The van der Waals surface area contributed by atoms with Crippen LogP contribution in [0.5, 0.6) is 0 Å². The number of ether oxygens (including phenoxy) is 1. The van der Waals surface area contributed by atoms with E-state index in [4.69, 9.17) is 0 Å². The number of alkyl halides is 2. The molecule has 0 heterocycles. The predicted octanol–water partition coefficient (Wildman–Crippen LogP) is 3.90. The van der Waals surface area contributed by atoms with Crippen molar-refractivity contribution in [2.45, 2.75) is 51.7 Å². The molecule has 1 spiro atoms. The highest BCUT2D eigenvalue weighted by Gasteiger charge is 2.47. The lowest BCUT2D eigenvalue weighted by molar-refractivity contribution is -0.173. The topological polar surface area (TPSA) is 26.3 Å². The quantitative estimate of drug-likeness (QED) is 0.821. The molecule has 1 aromatic rings. The fourth-order valence-corrected chi connectivity index (χ4v) is 3.62. The third-order valence-corrected chi connectivity index (χ3v) is 4.71. The minimum Gasteiger partial charge on any atom is -0.320 e. The lowest BCUT2D eigenvalue weighted by Gasteiger charge is -2.35. The summed E-state index contributed by atoms with van der Waals surface area (Å²) in [5, 5.41) is 0. The normalized spacial score (nSPS) is 29.2. The Hall–Kier alpha value is -1.29. The summed E-state index contributed by atoms with van der Waals surface area (Å²) in [5.74, 6) is 0.201. The Morgan fingerprint density at radius 1 is 1.30 bits per heavy atom. The van der Waals surface area contributed by atoms with Gasteiger partial charge >= 0.3 is 6.61 Å². The van der Waals surface area contributed by atoms with Crippen LogP contribution in [-0.2, 0) is 11.2 Å². The SMILES string of the molecule is Cc1ccc2c(c1)C(=O)C1(CCC(OC(F)F)CC1)C2. The number of benzene rings is 1. The van der Waals surface area contributed by atoms with E-state index in [0.717, 1.165) is 23.1 Å². The molecule has 1 aromatic carbocycles. The number of aryl methyl sites for hydroxylation is 1. The van der Waals surface area contributed by atoms with Crippen LogP contribution in [-0.4, -0.2) is 18.5 Å². The molecule has 0 aromatic heterocycles. The van der Waals surface area contributed by atoms with E-state index in [2.05, 4.69) is 4.74 Å². The standard InChI is InChI=1S/C16H18F2O2/c1-10-2-3-11-9-16(14(19)13(11)8-10)6-4-12(5-7-16)20-15(17)18/h2-3,8,12,15H,4-7,9H2,1H3. The van der Waals surface area contributed by atoms with Crippen molar-refractivity contribution in [1.29, 1.82) is 0 Å². The fraction of sp³-hybridized carbons (Fsp3) is 0.562. The molecule has 0 radical (unpaired) electrons. The van der Waals surface area contributed by atoms with Crippen molar-refractivity contribution in [2.75, 3.05) is 0 Å². The van der Waals surface area contributed by atoms with Crippen molar-refractivity contribution < 1.29 is 18.3 Å². The molecule has 2 nitrogen and oxygen atoms in total. The Bertz CT molecular complexity index is 531. The van der Waals surface area contributed by atoms with Crippen LogP contribution in [0.1, 0.15) is 47.2 Å². The zero-order valence-electron chi connectivity index (χ0n) is 11.5. The predicted molar refractivity (Wildman–Crippen MR) is 71.0 cm³/mol. The molecule has 0 unspecified atom stereocenters.